The van der Waals surface area contributed by atoms with Gasteiger partial charge in [0, 0.05) is 26.2 Å². The molecule has 2 unspecified atom stereocenters. The highest BCUT2D eigenvalue weighted by Gasteiger charge is 2.47. The zero-order chi connectivity index (χ0) is 14.0. The standard InChI is InChI=1S/C13H22N2O4/c1-13(11(17)18)5-3-7-15(13)12(19)14-6-2-4-10(8-14)9-16/h10,16H,2-9H2,1H3,(H,17,18). The summed E-state index contributed by atoms with van der Waals surface area (Å²) in [6.45, 7) is 3.39. The number of likely N-dealkylation sites (tertiary alicyclic amines) is 2. The largest absolute Gasteiger partial charge is 0.480 e. The zero-order valence-electron chi connectivity index (χ0n) is 11.3. The number of carbonyl (C=O) groups excluding carboxylic acids is 1. The van der Waals surface area contributed by atoms with Gasteiger partial charge in [-0.25, -0.2) is 9.59 Å². The molecule has 0 radical (unpaired) electrons. The van der Waals surface area contributed by atoms with E-state index in [4.69, 9.17) is 0 Å². The molecule has 0 aliphatic carbocycles. The van der Waals surface area contributed by atoms with Crippen molar-refractivity contribution in [3.8, 4) is 0 Å². The number of carbonyl (C=O) groups is 2. The van der Waals surface area contributed by atoms with Crippen molar-refractivity contribution in [2.75, 3.05) is 26.2 Å². The summed E-state index contributed by atoms with van der Waals surface area (Å²) in [5, 5.41) is 18.5. The van der Waals surface area contributed by atoms with Crippen molar-refractivity contribution < 1.29 is 19.8 Å². The normalized spacial score (nSPS) is 31.6. The SMILES string of the molecule is CC1(C(=O)O)CCCN1C(=O)N1CCCC(CO)C1. The van der Waals surface area contributed by atoms with Gasteiger partial charge in [0.15, 0.2) is 0 Å². The van der Waals surface area contributed by atoms with E-state index in [1.165, 1.54) is 4.90 Å². The van der Waals surface area contributed by atoms with Crippen molar-refractivity contribution in [3.05, 3.63) is 0 Å². The highest BCUT2D eigenvalue weighted by Crippen LogP contribution is 2.31. The van der Waals surface area contributed by atoms with Crippen LogP contribution < -0.4 is 0 Å². The van der Waals surface area contributed by atoms with Crippen LogP contribution in [0.5, 0.6) is 0 Å². The second kappa shape index (κ2) is 5.36. The lowest BCUT2D eigenvalue weighted by atomic mass is 9.98. The van der Waals surface area contributed by atoms with Gasteiger partial charge in [-0.3, -0.25) is 0 Å². The van der Waals surface area contributed by atoms with E-state index in [1.54, 1.807) is 11.8 Å². The van der Waals surface area contributed by atoms with Gasteiger partial charge in [0.1, 0.15) is 5.54 Å². The summed E-state index contributed by atoms with van der Waals surface area (Å²) in [5.41, 5.74) is -1.08. The lowest BCUT2D eigenvalue weighted by Crippen LogP contribution is -2.56. The Bertz CT molecular complexity index is 374. The van der Waals surface area contributed by atoms with E-state index < -0.39 is 11.5 Å². The molecule has 2 rings (SSSR count). The third-order valence-electron chi connectivity index (χ3n) is 4.38. The number of rotatable bonds is 2. The molecule has 2 saturated heterocycles. The van der Waals surface area contributed by atoms with Crippen LogP contribution in [0.1, 0.15) is 32.6 Å². The van der Waals surface area contributed by atoms with E-state index in [9.17, 15) is 19.8 Å². The summed E-state index contributed by atoms with van der Waals surface area (Å²) < 4.78 is 0. The van der Waals surface area contributed by atoms with Crippen molar-refractivity contribution in [1.29, 1.82) is 0 Å². The fourth-order valence-electron chi connectivity index (χ4n) is 3.05. The summed E-state index contributed by atoms with van der Waals surface area (Å²) in [6, 6.07) is -0.194. The number of urea groups is 1. The molecule has 0 saturated carbocycles. The lowest BCUT2D eigenvalue weighted by molar-refractivity contribution is -0.147. The number of hydrogen-bond donors (Lipinski definition) is 2. The number of carboxylic acid groups (broad SMARTS) is 1. The van der Waals surface area contributed by atoms with Crippen molar-refractivity contribution >= 4 is 12.0 Å². The van der Waals surface area contributed by atoms with Gasteiger partial charge in [-0.15, -0.1) is 0 Å². The van der Waals surface area contributed by atoms with Gasteiger partial charge in [-0.05, 0) is 38.5 Å². The molecular formula is C13H22N2O4. The Labute approximate surface area is 113 Å². The first-order valence-electron chi connectivity index (χ1n) is 6.90. The van der Waals surface area contributed by atoms with Crippen molar-refractivity contribution in [3.63, 3.8) is 0 Å². The molecular weight excluding hydrogens is 248 g/mol. The molecule has 2 aliphatic heterocycles. The summed E-state index contributed by atoms with van der Waals surface area (Å²) in [4.78, 5) is 27.1. The molecule has 0 aromatic heterocycles. The minimum Gasteiger partial charge on any atom is -0.480 e. The third-order valence-corrected chi connectivity index (χ3v) is 4.38. The second-order valence-corrected chi connectivity index (χ2v) is 5.75. The van der Waals surface area contributed by atoms with Crippen molar-refractivity contribution in [2.45, 2.75) is 38.1 Å². The first-order chi connectivity index (χ1) is 8.99. The monoisotopic (exact) mass is 270 g/mol. The van der Waals surface area contributed by atoms with Gasteiger partial charge in [-0.2, -0.15) is 0 Å². The molecule has 19 heavy (non-hydrogen) atoms. The highest BCUT2D eigenvalue weighted by molar-refractivity contribution is 5.86. The first-order valence-corrected chi connectivity index (χ1v) is 6.90. The maximum atomic E-state index is 12.5. The minimum absolute atomic E-state index is 0.0833. The first kappa shape index (κ1) is 14.1. The molecule has 0 spiro atoms. The predicted molar refractivity (Wildman–Crippen MR) is 68.8 cm³/mol. The van der Waals surface area contributed by atoms with Crippen LogP contribution >= 0.6 is 0 Å². The molecule has 2 atom stereocenters. The lowest BCUT2D eigenvalue weighted by Gasteiger charge is -2.39. The van der Waals surface area contributed by atoms with Gasteiger partial charge < -0.3 is 20.0 Å². The summed E-state index contributed by atoms with van der Waals surface area (Å²) in [7, 11) is 0. The van der Waals surface area contributed by atoms with E-state index >= 15 is 0 Å². The van der Waals surface area contributed by atoms with E-state index in [2.05, 4.69) is 0 Å². The number of aliphatic hydroxyl groups excluding tert-OH is 1. The van der Waals surface area contributed by atoms with E-state index in [1.807, 2.05) is 0 Å². The molecule has 108 valence electrons. The van der Waals surface area contributed by atoms with Gasteiger partial charge in [0.2, 0.25) is 0 Å². The van der Waals surface area contributed by atoms with Crippen LogP contribution in [0.25, 0.3) is 0 Å². The van der Waals surface area contributed by atoms with Crippen LogP contribution in [0.15, 0.2) is 0 Å². The molecule has 0 bridgehead atoms. The van der Waals surface area contributed by atoms with Gasteiger partial charge >= 0.3 is 12.0 Å². The molecule has 2 fully saturated rings. The Balaban J connectivity index is 2.08. The molecule has 2 N–H and O–H groups in total. The van der Waals surface area contributed by atoms with Gasteiger partial charge in [-0.1, -0.05) is 0 Å². The molecule has 0 aromatic carbocycles. The summed E-state index contributed by atoms with van der Waals surface area (Å²) in [5.74, 6) is -0.814. The summed E-state index contributed by atoms with van der Waals surface area (Å²) in [6.07, 6.45) is 3.03. The minimum atomic E-state index is -1.08. The average molecular weight is 270 g/mol. The maximum Gasteiger partial charge on any atom is 0.329 e. The number of aliphatic carboxylic acids is 1. The van der Waals surface area contributed by atoms with Gasteiger partial charge in [0.25, 0.3) is 0 Å². The van der Waals surface area contributed by atoms with Crippen LogP contribution in [-0.4, -0.2) is 63.8 Å². The second-order valence-electron chi connectivity index (χ2n) is 5.75. The van der Waals surface area contributed by atoms with Crippen LogP contribution in [0.2, 0.25) is 0 Å². The molecule has 0 aromatic rings. The fraction of sp³-hybridized carbons (Fsp3) is 0.846. The Kier molecular flexibility index (Phi) is 3.99. The van der Waals surface area contributed by atoms with Crippen LogP contribution in [0, 0.1) is 5.92 Å². The molecule has 2 heterocycles. The van der Waals surface area contributed by atoms with Crippen LogP contribution in [0.3, 0.4) is 0 Å². The number of nitrogens with zero attached hydrogens (tertiary/aromatic N) is 2. The molecule has 6 heteroatoms. The number of hydrogen-bond acceptors (Lipinski definition) is 3. The van der Waals surface area contributed by atoms with Crippen LogP contribution in [0.4, 0.5) is 4.79 Å². The maximum absolute atomic E-state index is 12.5. The van der Waals surface area contributed by atoms with Crippen molar-refractivity contribution in [1.82, 2.24) is 9.80 Å². The Hall–Kier alpha value is -1.30. The Morgan fingerprint density at radius 2 is 2.05 bits per heavy atom. The Morgan fingerprint density at radius 3 is 2.68 bits per heavy atom. The number of carboxylic acids is 1. The topological polar surface area (TPSA) is 81.1 Å². The third kappa shape index (κ3) is 2.54. The number of aliphatic hydroxyl groups is 1. The average Bonchev–Trinajstić information content (AvgIpc) is 2.81. The molecule has 6 nitrogen and oxygen atoms in total. The molecule has 2 aliphatic rings. The number of amides is 2. The quantitative estimate of drug-likeness (QED) is 0.776. The molecule has 2 amide bonds. The summed E-state index contributed by atoms with van der Waals surface area (Å²) >= 11 is 0. The van der Waals surface area contributed by atoms with E-state index in [0.717, 1.165) is 19.3 Å². The highest BCUT2D eigenvalue weighted by atomic mass is 16.4. The van der Waals surface area contributed by atoms with Crippen LogP contribution in [-0.2, 0) is 4.79 Å². The fourth-order valence-corrected chi connectivity index (χ4v) is 3.05. The number of piperidine rings is 1. The van der Waals surface area contributed by atoms with E-state index in [-0.39, 0.29) is 18.6 Å². The van der Waals surface area contributed by atoms with Crippen molar-refractivity contribution in [2.24, 2.45) is 5.92 Å². The predicted octanol–water partition coefficient (Wildman–Crippen LogP) is 0.750. The Morgan fingerprint density at radius 1 is 1.32 bits per heavy atom. The zero-order valence-corrected chi connectivity index (χ0v) is 11.3. The smallest absolute Gasteiger partial charge is 0.329 e. The van der Waals surface area contributed by atoms with Gasteiger partial charge in [0.05, 0.1) is 0 Å². The van der Waals surface area contributed by atoms with E-state index in [0.29, 0.717) is 26.1 Å².